The van der Waals surface area contributed by atoms with Crippen LogP contribution >= 0.6 is 58.0 Å². The molecule has 0 aromatic heterocycles. The van der Waals surface area contributed by atoms with Crippen molar-refractivity contribution in [2.75, 3.05) is 6.61 Å². The largest absolute Gasteiger partial charge is 0.481 e. The summed E-state index contributed by atoms with van der Waals surface area (Å²) in [7, 11) is 0. The molecule has 0 heterocycles. The Hall–Kier alpha value is -0.840. The van der Waals surface area contributed by atoms with Gasteiger partial charge in [0.05, 0.1) is 25.1 Å². The molecule has 0 saturated carbocycles. The summed E-state index contributed by atoms with van der Waals surface area (Å²) in [6.07, 6.45) is 0. The van der Waals surface area contributed by atoms with Crippen LogP contribution in [0.3, 0.4) is 0 Å². The van der Waals surface area contributed by atoms with Gasteiger partial charge >= 0.3 is 5.97 Å². The molecule has 2 aromatic rings. The second kappa shape index (κ2) is 7.16. The molecule has 0 aliphatic carbocycles. The first-order valence-corrected chi connectivity index (χ1v) is 7.67. The van der Waals surface area contributed by atoms with Crippen LogP contribution in [-0.2, 0) is 4.79 Å². The van der Waals surface area contributed by atoms with Crippen molar-refractivity contribution in [3.05, 3.63) is 49.4 Å². The van der Waals surface area contributed by atoms with Crippen LogP contribution < -0.4 is 4.74 Å². The number of carboxylic acids is 1. The Bertz CT molecular complexity index is 746. The summed E-state index contributed by atoms with van der Waals surface area (Å²) >= 11 is 30.0. The molecule has 0 atom stereocenters. The third kappa shape index (κ3) is 3.92. The topological polar surface area (TPSA) is 46.5 Å². The van der Waals surface area contributed by atoms with Gasteiger partial charge in [0.25, 0.3) is 0 Å². The van der Waals surface area contributed by atoms with Crippen molar-refractivity contribution in [2.24, 2.45) is 0 Å². The van der Waals surface area contributed by atoms with E-state index in [2.05, 4.69) is 0 Å². The number of halogens is 5. The Kier molecular flexibility index (Phi) is 5.70. The molecule has 0 saturated heterocycles. The van der Waals surface area contributed by atoms with Crippen molar-refractivity contribution >= 4 is 64.0 Å². The van der Waals surface area contributed by atoms with Crippen LogP contribution in [0.25, 0.3) is 11.1 Å². The molecule has 1 N–H and O–H groups in total. The minimum Gasteiger partial charge on any atom is -0.481 e. The third-order valence-corrected chi connectivity index (χ3v) is 4.43. The number of hydrogen-bond donors (Lipinski definition) is 1. The Morgan fingerprint density at radius 1 is 0.818 bits per heavy atom. The van der Waals surface area contributed by atoms with Crippen molar-refractivity contribution < 1.29 is 14.6 Å². The minimum atomic E-state index is -1.13. The van der Waals surface area contributed by atoms with Gasteiger partial charge in [-0.3, -0.25) is 0 Å². The number of ether oxygens (including phenoxy) is 1. The van der Waals surface area contributed by atoms with Crippen LogP contribution in [0.1, 0.15) is 0 Å². The van der Waals surface area contributed by atoms with E-state index >= 15 is 0 Å². The van der Waals surface area contributed by atoms with Gasteiger partial charge in [0, 0.05) is 17.2 Å². The highest BCUT2D eigenvalue weighted by Gasteiger charge is 2.16. The van der Waals surface area contributed by atoms with Gasteiger partial charge in [-0.15, -0.1) is 0 Å². The zero-order valence-corrected chi connectivity index (χ0v) is 14.4. The highest BCUT2D eigenvalue weighted by Crippen LogP contribution is 2.42. The monoisotopic (exact) mass is 398 g/mol. The number of carbonyl (C=O) groups is 1. The van der Waals surface area contributed by atoms with Crippen molar-refractivity contribution in [3.63, 3.8) is 0 Å². The lowest BCUT2D eigenvalue weighted by molar-refractivity contribution is -0.139. The Balaban J connectivity index is 2.60. The van der Waals surface area contributed by atoms with Crippen molar-refractivity contribution in [1.29, 1.82) is 0 Å². The molecule has 3 nitrogen and oxygen atoms in total. The lowest BCUT2D eigenvalue weighted by Gasteiger charge is -2.14. The van der Waals surface area contributed by atoms with E-state index in [1.807, 2.05) is 0 Å². The van der Waals surface area contributed by atoms with Crippen LogP contribution in [0.2, 0.25) is 25.1 Å². The SMILES string of the molecule is O=C(O)COc1cc(Cl)c(Cl)cc1-c1cc(Cl)c(Cl)cc1Cl. The van der Waals surface area contributed by atoms with E-state index in [9.17, 15) is 4.79 Å². The fourth-order valence-electron chi connectivity index (χ4n) is 1.73. The molecule has 8 heteroatoms. The number of aliphatic carboxylic acids is 1. The third-order valence-electron chi connectivity index (χ3n) is 2.67. The molecule has 0 aliphatic heterocycles. The molecule has 2 aromatic carbocycles. The van der Waals surface area contributed by atoms with E-state index in [4.69, 9.17) is 67.8 Å². The first-order valence-electron chi connectivity index (χ1n) is 5.78. The lowest BCUT2D eigenvalue weighted by Crippen LogP contribution is -2.10. The molecule has 0 unspecified atom stereocenters. The molecule has 0 aliphatic rings. The maximum Gasteiger partial charge on any atom is 0.341 e. The van der Waals surface area contributed by atoms with Crippen LogP contribution in [0.4, 0.5) is 0 Å². The quantitative estimate of drug-likeness (QED) is 0.632. The predicted molar refractivity (Wildman–Crippen MR) is 90.1 cm³/mol. The number of carboxylic acid groups (broad SMARTS) is 1. The lowest BCUT2D eigenvalue weighted by atomic mass is 10.0. The highest BCUT2D eigenvalue weighted by atomic mass is 35.5. The minimum absolute atomic E-state index is 0.220. The normalized spacial score (nSPS) is 10.6. The Morgan fingerprint density at radius 2 is 1.32 bits per heavy atom. The smallest absolute Gasteiger partial charge is 0.341 e. The van der Waals surface area contributed by atoms with Gasteiger partial charge in [-0.05, 0) is 18.2 Å². The van der Waals surface area contributed by atoms with E-state index in [1.165, 1.54) is 18.2 Å². The molecule has 2 rings (SSSR count). The standard InChI is InChI=1S/C14H7Cl5O3/c15-8-3-11(18)9(16)1-6(8)7-2-10(17)12(19)4-13(7)22-5-14(20)21/h1-4H,5H2,(H,20,21). The molecule has 0 amide bonds. The fourth-order valence-corrected chi connectivity index (χ4v) is 2.69. The summed E-state index contributed by atoms with van der Waals surface area (Å²) < 4.78 is 5.24. The highest BCUT2D eigenvalue weighted by molar-refractivity contribution is 6.44. The van der Waals surface area contributed by atoms with Crippen LogP contribution in [0.5, 0.6) is 5.75 Å². The van der Waals surface area contributed by atoms with E-state index in [0.717, 1.165) is 0 Å². The summed E-state index contributed by atoms with van der Waals surface area (Å²) in [4.78, 5) is 10.7. The summed E-state index contributed by atoms with van der Waals surface area (Å²) in [6, 6.07) is 5.96. The van der Waals surface area contributed by atoms with Crippen molar-refractivity contribution in [3.8, 4) is 16.9 Å². The predicted octanol–water partition coefficient (Wildman–Crippen LogP) is 6.08. The maximum absolute atomic E-state index is 10.7. The number of rotatable bonds is 4. The van der Waals surface area contributed by atoms with Crippen molar-refractivity contribution in [1.82, 2.24) is 0 Å². The average molecular weight is 400 g/mol. The first-order chi connectivity index (χ1) is 10.3. The molecule has 116 valence electrons. The van der Waals surface area contributed by atoms with Gasteiger partial charge in [0.1, 0.15) is 5.75 Å². The maximum atomic E-state index is 10.7. The van der Waals surface area contributed by atoms with Crippen LogP contribution in [0.15, 0.2) is 24.3 Å². The van der Waals surface area contributed by atoms with Crippen molar-refractivity contribution in [2.45, 2.75) is 0 Å². The zero-order chi connectivity index (χ0) is 16.4. The van der Waals surface area contributed by atoms with Gasteiger partial charge in [0.2, 0.25) is 0 Å². The zero-order valence-electron chi connectivity index (χ0n) is 10.7. The molecule has 22 heavy (non-hydrogen) atoms. The summed E-state index contributed by atoms with van der Waals surface area (Å²) in [5.41, 5.74) is 0.953. The summed E-state index contributed by atoms with van der Waals surface area (Å²) in [6.45, 7) is -0.538. The van der Waals surface area contributed by atoms with Gasteiger partial charge < -0.3 is 9.84 Å². The first kappa shape index (κ1) is 17.5. The van der Waals surface area contributed by atoms with Gasteiger partial charge in [-0.1, -0.05) is 58.0 Å². The second-order valence-corrected chi connectivity index (χ2v) is 6.23. The molecule has 0 radical (unpaired) electrons. The van der Waals surface area contributed by atoms with Gasteiger partial charge in [-0.2, -0.15) is 0 Å². The van der Waals surface area contributed by atoms with E-state index < -0.39 is 12.6 Å². The molecular weight excluding hydrogens is 393 g/mol. The molecule has 0 spiro atoms. The summed E-state index contributed by atoms with van der Waals surface area (Å²) in [5.74, 6) is -0.908. The second-order valence-electron chi connectivity index (χ2n) is 4.19. The Morgan fingerprint density at radius 3 is 1.91 bits per heavy atom. The van der Waals surface area contributed by atoms with E-state index in [1.54, 1.807) is 6.07 Å². The number of benzene rings is 2. The average Bonchev–Trinajstić information content (AvgIpc) is 2.44. The van der Waals surface area contributed by atoms with Gasteiger partial charge in [-0.25, -0.2) is 4.79 Å². The summed E-state index contributed by atoms with van der Waals surface area (Å²) in [5, 5.41) is 10.1. The Labute approximate surface area is 151 Å². The van der Waals surface area contributed by atoms with E-state index in [0.29, 0.717) is 21.2 Å². The van der Waals surface area contributed by atoms with Crippen LogP contribution in [0, 0.1) is 0 Å². The molecule has 0 bridgehead atoms. The fraction of sp³-hybridized carbons (Fsp3) is 0.0714. The molecular formula is C14H7Cl5O3. The van der Waals surface area contributed by atoms with Gasteiger partial charge in [0.15, 0.2) is 6.61 Å². The van der Waals surface area contributed by atoms with E-state index in [-0.39, 0.29) is 20.8 Å². The molecule has 0 fully saturated rings. The van der Waals surface area contributed by atoms with Crippen LogP contribution in [-0.4, -0.2) is 17.7 Å². The number of hydrogen-bond acceptors (Lipinski definition) is 2.